The number of carbonyl (C=O) groups excluding carboxylic acids is 1. The first-order valence-electron chi connectivity index (χ1n) is 10.7. The number of halogens is 1. The first-order chi connectivity index (χ1) is 13.6. The molecule has 2 aliphatic heterocycles. The normalized spacial score (nSPS) is 36.1. The maximum absolute atomic E-state index is 12.7. The Labute approximate surface area is 179 Å². The molecule has 4 atom stereocenters. The van der Waals surface area contributed by atoms with Gasteiger partial charge in [0.2, 0.25) is 0 Å². The molecule has 0 aromatic heterocycles. The van der Waals surface area contributed by atoms with E-state index in [0.717, 1.165) is 51.1 Å². The zero-order valence-electron chi connectivity index (χ0n) is 17.4. The molecule has 1 saturated carbocycles. The molecule has 2 bridgehead atoms. The number of ketones is 1. The molecule has 0 spiro atoms. The largest absolute Gasteiger partial charge is 0.497 e. The van der Waals surface area contributed by atoms with Crippen molar-refractivity contribution >= 4 is 18.2 Å². The van der Waals surface area contributed by atoms with E-state index < -0.39 is 0 Å². The van der Waals surface area contributed by atoms with Crippen LogP contribution in [-0.2, 0) is 26.1 Å². The number of nitrogens with zero attached hydrogens (tertiary/aromatic N) is 1. The zero-order valence-corrected chi connectivity index (χ0v) is 18.3. The average Bonchev–Trinajstić information content (AvgIpc) is 3.22. The number of fused-ring (bicyclic) bond motifs is 1. The third-order valence-electron chi connectivity index (χ3n) is 7.96. The number of piperidine rings is 1. The van der Waals surface area contributed by atoms with Crippen LogP contribution in [0, 0.1) is 0 Å². The van der Waals surface area contributed by atoms with Crippen molar-refractivity contribution < 1.29 is 19.0 Å². The maximum atomic E-state index is 12.7. The second-order valence-corrected chi connectivity index (χ2v) is 9.01. The second-order valence-electron chi connectivity index (χ2n) is 9.01. The van der Waals surface area contributed by atoms with Crippen molar-refractivity contribution in [3.8, 4) is 5.75 Å². The summed E-state index contributed by atoms with van der Waals surface area (Å²) in [5.74, 6) is 1.24. The van der Waals surface area contributed by atoms with Gasteiger partial charge in [0.15, 0.2) is 0 Å². The number of carbonyl (C=O) groups is 1. The first kappa shape index (κ1) is 21.1. The molecule has 0 amide bonds. The monoisotopic (exact) mass is 421 g/mol. The summed E-state index contributed by atoms with van der Waals surface area (Å²) in [5.41, 5.74) is 2.09. The van der Waals surface area contributed by atoms with Crippen molar-refractivity contribution in [1.29, 1.82) is 0 Å². The van der Waals surface area contributed by atoms with Gasteiger partial charge in [0.05, 0.1) is 18.8 Å². The fraction of sp³-hybridized carbons (Fsp3) is 0.696. The predicted octanol–water partition coefficient (Wildman–Crippen LogP) is 3.30. The highest BCUT2D eigenvalue weighted by Gasteiger charge is 2.65. The number of ether oxygens (including phenoxy) is 3. The van der Waals surface area contributed by atoms with Gasteiger partial charge in [-0.25, -0.2) is 0 Å². The van der Waals surface area contributed by atoms with E-state index in [1.54, 1.807) is 7.11 Å². The molecule has 0 N–H and O–H groups in total. The van der Waals surface area contributed by atoms with Crippen molar-refractivity contribution in [2.75, 3.05) is 33.9 Å². The molecule has 160 valence electrons. The predicted molar refractivity (Wildman–Crippen MR) is 113 cm³/mol. The van der Waals surface area contributed by atoms with E-state index in [-0.39, 0.29) is 23.4 Å². The average molecular weight is 422 g/mol. The van der Waals surface area contributed by atoms with Crippen LogP contribution in [0.3, 0.4) is 0 Å². The lowest BCUT2D eigenvalue weighted by atomic mass is 9.49. The van der Waals surface area contributed by atoms with E-state index in [9.17, 15) is 4.79 Å². The van der Waals surface area contributed by atoms with Gasteiger partial charge in [-0.2, -0.15) is 0 Å². The third-order valence-corrected chi connectivity index (χ3v) is 7.96. The summed E-state index contributed by atoms with van der Waals surface area (Å²) < 4.78 is 17.9. The molecule has 0 radical (unpaired) electrons. The number of likely N-dealkylation sites (tertiary alicyclic amines) is 1. The van der Waals surface area contributed by atoms with Crippen LogP contribution in [0.5, 0.6) is 5.75 Å². The molecule has 1 aromatic carbocycles. The van der Waals surface area contributed by atoms with E-state index in [4.69, 9.17) is 14.2 Å². The Morgan fingerprint density at radius 1 is 1.28 bits per heavy atom. The molecule has 1 unspecified atom stereocenters. The highest BCUT2D eigenvalue weighted by Crippen LogP contribution is 2.59. The minimum absolute atomic E-state index is 0. The SMILES string of the molecule is COc1ccc2c(c1)[C@]13CCN(CC4CCCO4)[C@H](C2)[C@]1(OC)CCC(=O)C3.Cl. The molecular formula is C23H32ClNO4. The number of hydrogen-bond acceptors (Lipinski definition) is 5. The highest BCUT2D eigenvalue weighted by atomic mass is 35.5. The van der Waals surface area contributed by atoms with Crippen molar-refractivity contribution in [2.24, 2.45) is 0 Å². The molecule has 6 heteroatoms. The highest BCUT2D eigenvalue weighted by molar-refractivity contribution is 5.85. The van der Waals surface area contributed by atoms with Crippen LogP contribution in [0.1, 0.15) is 49.7 Å². The third kappa shape index (κ3) is 3.04. The van der Waals surface area contributed by atoms with Gasteiger partial charge >= 0.3 is 0 Å². The summed E-state index contributed by atoms with van der Waals surface area (Å²) in [6.45, 7) is 2.87. The van der Waals surface area contributed by atoms with Gasteiger partial charge in [-0.1, -0.05) is 6.07 Å². The second kappa shape index (κ2) is 7.84. The van der Waals surface area contributed by atoms with E-state index in [1.807, 2.05) is 7.11 Å². The van der Waals surface area contributed by atoms with Crippen molar-refractivity contribution in [2.45, 2.75) is 68.1 Å². The fourth-order valence-corrected chi connectivity index (χ4v) is 6.68. The summed E-state index contributed by atoms with van der Waals surface area (Å²) in [7, 11) is 3.57. The van der Waals surface area contributed by atoms with Gasteiger partial charge in [0.25, 0.3) is 0 Å². The smallest absolute Gasteiger partial charge is 0.134 e. The summed E-state index contributed by atoms with van der Waals surface area (Å²) >= 11 is 0. The van der Waals surface area contributed by atoms with Crippen LogP contribution in [-0.4, -0.2) is 62.3 Å². The maximum Gasteiger partial charge on any atom is 0.134 e. The van der Waals surface area contributed by atoms with Gasteiger partial charge < -0.3 is 14.2 Å². The molecule has 4 aliphatic rings. The van der Waals surface area contributed by atoms with Crippen molar-refractivity contribution in [1.82, 2.24) is 4.90 Å². The first-order valence-corrected chi connectivity index (χ1v) is 10.7. The van der Waals surface area contributed by atoms with Crippen LogP contribution >= 0.6 is 12.4 Å². The van der Waals surface area contributed by atoms with Crippen molar-refractivity contribution in [3.05, 3.63) is 29.3 Å². The molecular weight excluding hydrogens is 390 g/mol. The Hall–Kier alpha value is -1.14. The van der Waals surface area contributed by atoms with Crippen LogP contribution in [0.15, 0.2) is 18.2 Å². The molecule has 2 heterocycles. The van der Waals surface area contributed by atoms with Gasteiger partial charge in [-0.3, -0.25) is 9.69 Å². The van der Waals surface area contributed by atoms with Crippen molar-refractivity contribution in [3.63, 3.8) is 0 Å². The molecule has 29 heavy (non-hydrogen) atoms. The Morgan fingerprint density at radius 2 is 2.14 bits per heavy atom. The Balaban J connectivity index is 0.00000205. The van der Waals surface area contributed by atoms with Crippen LogP contribution in [0.4, 0.5) is 0 Å². The topological polar surface area (TPSA) is 48.0 Å². The lowest BCUT2D eigenvalue weighted by Crippen LogP contribution is -2.74. The lowest BCUT2D eigenvalue weighted by Gasteiger charge is -2.65. The van der Waals surface area contributed by atoms with Crippen LogP contribution < -0.4 is 4.74 Å². The molecule has 5 nitrogen and oxygen atoms in total. The number of hydrogen-bond donors (Lipinski definition) is 0. The summed E-state index contributed by atoms with van der Waals surface area (Å²) in [5, 5.41) is 0. The quantitative estimate of drug-likeness (QED) is 0.746. The molecule has 1 aromatic rings. The molecule has 3 fully saturated rings. The standard InChI is InChI=1S/C23H31NO4.ClH/c1-26-18-6-5-16-12-21-23(27-2)8-7-17(25)14-22(23,20(16)13-18)9-10-24(21)15-19-4-3-11-28-19;/h5-6,13,19,21H,3-4,7-12,14-15H2,1-2H3;1H/t19?,21-,22-,23-;/m1./s1. The lowest BCUT2D eigenvalue weighted by molar-refractivity contribution is -0.190. The number of Topliss-reactive ketones (excluding diaryl/α,β-unsaturated/α-hetero) is 1. The van der Waals surface area contributed by atoms with E-state index in [2.05, 4.69) is 23.1 Å². The Bertz CT molecular complexity index is 780. The van der Waals surface area contributed by atoms with E-state index in [0.29, 0.717) is 30.8 Å². The van der Waals surface area contributed by atoms with Gasteiger partial charge in [-0.15, -0.1) is 12.4 Å². The molecule has 2 aliphatic carbocycles. The van der Waals surface area contributed by atoms with E-state index >= 15 is 0 Å². The fourth-order valence-electron chi connectivity index (χ4n) is 6.68. The van der Waals surface area contributed by atoms with Gasteiger partial charge in [0.1, 0.15) is 11.5 Å². The number of methoxy groups -OCH3 is 2. The molecule has 5 rings (SSSR count). The zero-order chi connectivity index (χ0) is 19.4. The summed E-state index contributed by atoms with van der Waals surface area (Å²) in [6, 6.07) is 6.73. The molecule has 2 saturated heterocycles. The minimum atomic E-state index is -0.308. The van der Waals surface area contributed by atoms with Gasteiger partial charge in [-0.05, 0) is 61.9 Å². The number of benzene rings is 1. The Kier molecular flexibility index (Phi) is 5.71. The Morgan fingerprint density at radius 3 is 2.86 bits per heavy atom. The number of rotatable bonds is 4. The van der Waals surface area contributed by atoms with E-state index in [1.165, 1.54) is 17.5 Å². The van der Waals surface area contributed by atoms with Crippen LogP contribution in [0.2, 0.25) is 0 Å². The summed E-state index contributed by atoms with van der Waals surface area (Å²) in [6.07, 6.45) is 6.60. The minimum Gasteiger partial charge on any atom is -0.497 e. The van der Waals surface area contributed by atoms with Crippen LogP contribution in [0.25, 0.3) is 0 Å². The summed E-state index contributed by atoms with van der Waals surface area (Å²) in [4.78, 5) is 15.3. The van der Waals surface area contributed by atoms with Gasteiger partial charge in [0, 0.05) is 44.6 Å².